The third kappa shape index (κ3) is 4.24. The number of oxazole rings is 1. The molecule has 0 spiro atoms. The van der Waals surface area contributed by atoms with Gasteiger partial charge in [-0.3, -0.25) is 0 Å². The predicted molar refractivity (Wildman–Crippen MR) is 94.8 cm³/mol. The largest absolute Gasteiger partial charge is 0.494 e. The zero-order valence-electron chi connectivity index (χ0n) is 14.1. The number of nitrogens with zero attached hydrogens (tertiary/aromatic N) is 1. The molecule has 3 rings (SSSR count). The van der Waals surface area contributed by atoms with Crippen LogP contribution in [-0.4, -0.2) is 11.6 Å². The molecule has 0 saturated carbocycles. The molecule has 124 valence electrons. The van der Waals surface area contributed by atoms with Gasteiger partial charge in [0.05, 0.1) is 12.3 Å². The standard InChI is InChI=1S/C20H22N2O2/c1-3-23-19-6-4-5-17(11-19)20-22-18(14-24-20)13-21-12-16-9-7-15(2)8-10-16/h4-11,14,21H,3,12-13H2,1-2H3. The normalized spacial score (nSPS) is 10.8. The molecular formula is C20H22N2O2. The van der Waals surface area contributed by atoms with Crippen molar-refractivity contribution in [2.75, 3.05) is 6.61 Å². The SMILES string of the molecule is CCOc1cccc(-c2nc(CNCc3ccc(C)cc3)co2)c1. The molecule has 0 bridgehead atoms. The van der Waals surface area contributed by atoms with Crippen molar-refractivity contribution < 1.29 is 9.15 Å². The highest BCUT2D eigenvalue weighted by molar-refractivity contribution is 5.56. The molecule has 24 heavy (non-hydrogen) atoms. The van der Waals surface area contributed by atoms with Gasteiger partial charge >= 0.3 is 0 Å². The van der Waals surface area contributed by atoms with E-state index in [4.69, 9.17) is 9.15 Å². The van der Waals surface area contributed by atoms with Crippen LogP contribution in [0.2, 0.25) is 0 Å². The number of benzene rings is 2. The summed E-state index contributed by atoms with van der Waals surface area (Å²) in [5.74, 6) is 1.44. The summed E-state index contributed by atoms with van der Waals surface area (Å²) in [6.45, 7) is 6.18. The molecule has 0 saturated heterocycles. The van der Waals surface area contributed by atoms with Gasteiger partial charge in [0.2, 0.25) is 5.89 Å². The van der Waals surface area contributed by atoms with Gasteiger partial charge in [-0.1, -0.05) is 35.9 Å². The highest BCUT2D eigenvalue weighted by Gasteiger charge is 2.07. The molecule has 0 radical (unpaired) electrons. The lowest BCUT2D eigenvalue weighted by Gasteiger charge is -2.04. The van der Waals surface area contributed by atoms with E-state index in [1.807, 2.05) is 31.2 Å². The van der Waals surface area contributed by atoms with E-state index in [2.05, 4.69) is 41.5 Å². The van der Waals surface area contributed by atoms with Crippen LogP contribution in [0.25, 0.3) is 11.5 Å². The molecule has 4 heteroatoms. The Labute approximate surface area is 142 Å². The quantitative estimate of drug-likeness (QED) is 0.703. The van der Waals surface area contributed by atoms with Crippen LogP contribution >= 0.6 is 0 Å². The van der Waals surface area contributed by atoms with E-state index in [9.17, 15) is 0 Å². The molecular weight excluding hydrogens is 300 g/mol. The van der Waals surface area contributed by atoms with Gasteiger partial charge in [-0.05, 0) is 37.6 Å². The first-order valence-corrected chi connectivity index (χ1v) is 8.18. The van der Waals surface area contributed by atoms with Crippen molar-refractivity contribution in [3.63, 3.8) is 0 Å². The van der Waals surface area contributed by atoms with E-state index in [0.717, 1.165) is 23.6 Å². The average molecular weight is 322 g/mol. The Balaban J connectivity index is 1.59. The van der Waals surface area contributed by atoms with Gasteiger partial charge in [0.15, 0.2) is 0 Å². The minimum absolute atomic E-state index is 0.615. The zero-order chi connectivity index (χ0) is 16.8. The first-order chi connectivity index (χ1) is 11.7. The first kappa shape index (κ1) is 16.3. The molecule has 0 aliphatic carbocycles. The Morgan fingerprint density at radius 1 is 1.08 bits per heavy atom. The van der Waals surface area contributed by atoms with E-state index in [0.29, 0.717) is 19.0 Å². The average Bonchev–Trinajstić information content (AvgIpc) is 3.06. The van der Waals surface area contributed by atoms with Gasteiger partial charge in [0.1, 0.15) is 12.0 Å². The summed E-state index contributed by atoms with van der Waals surface area (Å²) in [4.78, 5) is 4.54. The third-order valence-corrected chi connectivity index (χ3v) is 3.70. The predicted octanol–water partition coefficient (Wildman–Crippen LogP) is 4.34. The number of aryl methyl sites for hydroxylation is 1. The molecule has 0 aliphatic rings. The lowest BCUT2D eigenvalue weighted by molar-refractivity contribution is 0.340. The minimum atomic E-state index is 0.615. The fourth-order valence-electron chi connectivity index (χ4n) is 2.45. The Kier molecular flexibility index (Phi) is 5.29. The molecule has 0 fully saturated rings. The van der Waals surface area contributed by atoms with Crippen molar-refractivity contribution in [1.29, 1.82) is 0 Å². The van der Waals surface area contributed by atoms with Gasteiger partial charge < -0.3 is 14.5 Å². The molecule has 0 aliphatic heterocycles. The topological polar surface area (TPSA) is 47.3 Å². The van der Waals surface area contributed by atoms with Crippen molar-refractivity contribution in [3.05, 3.63) is 71.6 Å². The summed E-state index contributed by atoms with van der Waals surface area (Å²) in [6.07, 6.45) is 1.70. The van der Waals surface area contributed by atoms with Crippen LogP contribution in [0.15, 0.2) is 59.2 Å². The lowest BCUT2D eigenvalue weighted by Crippen LogP contribution is -2.12. The summed E-state index contributed by atoms with van der Waals surface area (Å²) < 4.78 is 11.1. The molecule has 0 unspecified atom stereocenters. The molecule has 3 aromatic rings. The number of nitrogens with one attached hydrogen (secondary N) is 1. The van der Waals surface area contributed by atoms with Crippen molar-refractivity contribution in [2.24, 2.45) is 0 Å². The van der Waals surface area contributed by atoms with E-state index in [1.165, 1.54) is 11.1 Å². The molecule has 1 N–H and O–H groups in total. The number of hydrogen-bond donors (Lipinski definition) is 1. The van der Waals surface area contributed by atoms with Crippen LogP contribution in [0, 0.1) is 6.92 Å². The first-order valence-electron chi connectivity index (χ1n) is 8.18. The van der Waals surface area contributed by atoms with Crippen LogP contribution < -0.4 is 10.1 Å². The highest BCUT2D eigenvalue weighted by atomic mass is 16.5. The van der Waals surface area contributed by atoms with Gasteiger partial charge in [-0.2, -0.15) is 0 Å². The Bertz CT molecular complexity index is 778. The Hall–Kier alpha value is -2.59. The maximum atomic E-state index is 5.60. The van der Waals surface area contributed by atoms with E-state index in [1.54, 1.807) is 6.26 Å². The van der Waals surface area contributed by atoms with Gasteiger partial charge in [-0.25, -0.2) is 4.98 Å². The zero-order valence-corrected chi connectivity index (χ0v) is 14.1. The van der Waals surface area contributed by atoms with Gasteiger partial charge in [0.25, 0.3) is 0 Å². The van der Waals surface area contributed by atoms with E-state index < -0.39 is 0 Å². The highest BCUT2D eigenvalue weighted by Crippen LogP contribution is 2.23. The van der Waals surface area contributed by atoms with Crippen molar-refractivity contribution >= 4 is 0 Å². The van der Waals surface area contributed by atoms with Crippen molar-refractivity contribution in [1.82, 2.24) is 10.3 Å². The second-order valence-electron chi connectivity index (χ2n) is 5.69. The monoisotopic (exact) mass is 322 g/mol. The van der Waals surface area contributed by atoms with Crippen LogP contribution in [0.1, 0.15) is 23.7 Å². The molecule has 0 amide bonds. The van der Waals surface area contributed by atoms with Crippen LogP contribution in [0.3, 0.4) is 0 Å². The van der Waals surface area contributed by atoms with E-state index in [-0.39, 0.29) is 0 Å². The second-order valence-corrected chi connectivity index (χ2v) is 5.69. The number of aromatic nitrogens is 1. The molecule has 0 atom stereocenters. The molecule has 4 nitrogen and oxygen atoms in total. The minimum Gasteiger partial charge on any atom is -0.494 e. The maximum Gasteiger partial charge on any atom is 0.226 e. The number of rotatable bonds is 7. The molecule has 2 aromatic carbocycles. The second kappa shape index (κ2) is 7.79. The molecule has 1 aromatic heterocycles. The summed E-state index contributed by atoms with van der Waals surface area (Å²) in [6, 6.07) is 16.3. The van der Waals surface area contributed by atoms with Crippen molar-refractivity contribution in [3.8, 4) is 17.2 Å². The summed E-state index contributed by atoms with van der Waals surface area (Å²) >= 11 is 0. The summed E-state index contributed by atoms with van der Waals surface area (Å²) in [7, 11) is 0. The summed E-state index contributed by atoms with van der Waals surface area (Å²) in [5, 5.41) is 3.39. The molecule has 1 heterocycles. The number of ether oxygens (including phenoxy) is 1. The van der Waals surface area contributed by atoms with Gasteiger partial charge in [-0.15, -0.1) is 0 Å². The van der Waals surface area contributed by atoms with Gasteiger partial charge in [0, 0.05) is 18.7 Å². The smallest absolute Gasteiger partial charge is 0.226 e. The fourth-order valence-corrected chi connectivity index (χ4v) is 2.45. The third-order valence-electron chi connectivity index (χ3n) is 3.70. The van der Waals surface area contributed by atoms with E-state index >= 15 is 0 Å². The van der Waals surface area contributed by atoms with Crippen molar-refractivity contribution in [2.45, 2.75) is 26.9 Å². The fraction of sp³-hybridized carbons (Fsp3) is 0.250. The number of hydrogen-bond acceptors (Lipinski definition) is 4. The lowest BCUT2D eigenvalue weighted by atomic mass is 10.1. The Morgan fingerprint density at radius 3 is 2.71 bits per heavy atom. The Morgan fingerprint density at radius 2 is 1.92 bits per heavy atom. The van der Waals surface area contributed by atoms with Crippen LogP contribution in [-0.2, 0) is 13.1 Å². The summed E-state index contributed by atoms with van der Waals surface area (Å²) in [5.41, 5.74) is 4.34. The van der Waals surface area contributed by atoms with Crippen LogP contribution in [0.5, 0.6) is 5.75 Å². The maximum absolute atomic E-state index is 5.60. The van der Waals surface area contributed by atoms with Crippen LogP contribution in [0.4, 0.5) is 0 Å².